The number of alkyl halides is 3. The molecule has 0 radical (unpaired) electrons. The molecule has 1 fully saturated rings. The highest BCUT2D eigenvalue weighted by Crippen LogP contribution is 2.46. The first kappa shape index (κ1) is 19.9. The van der Waals surface area contributed by atoms with Gasteiger partial charge >= 0.3 is 6.18 Å². The van der Waals surface area contributed by atoms with Gasteiger partial charge in [-0.2, -0.15) is 13.2 Å². The number of aliphatic hydroxyl groups is 1. The molecule has 2 nitrogen and oxygen atoms in total. The van der Waals surface area contributed by atoms with Crippen LogP contribution in [0.1, 0.15) is 50.7 Å². The van der Waals surface area contributed by atoms with Crippen LogP contribution in [0.4, 0.5) is 13.2 Å². The van der Waals surface area contributed by atoms with Gasteiger partial charge in [-0.15, -0.1) is 0 Å². The van der Waals surface area contributed by atoms with Crippen LogP contribution < -0.4 is 0 Å². The second kappa shape index (κ2) is 6.95. The van der Waals surface area contributed by atoms with E-state index in [9.17, 15) is 18.3 Å². The molecule has 0 heterocycles. The lowest BCUT2D eigenvalue weighted by molar-refractivity contribution is -0.277. The SMILES string of the molecule is C=C(C)c1cc(C2(OCC(C)(O)C(F)(F)F)CCCC2)c2ccccc2c1. The summed E-state index contributed by atoms with van der Waals surface area (Å²) in [6, 6.07) is 11.8. The van der Waals surface area contributed by atoms with E-state index in [0.29, 0.717) is 12.8 Å². The maximum atomic E-state index is 13.1. The summed E-state index contributed by atoms with van der Waals surface area (Å²) in [5, 5.41) is 11.8. The molecular weight excluding hydrogens is 353 g/mol. The Morgan fingerprint density at radius 3 is 2.41 bits per heavy atom. The van der Waals surface area contributed by atoms with Crippen molar-refractivity contribution in [2.45, 2.75) is 56.9 Å². The standard InChI is InChI=1S/C22H25F3O2/c1-15(2)17-12-16-8-4-5-9-18(16)19(13-17)21(10-6-7-11-21)27-14-20(3,26)22(23,24)25/h4-5,8-9,12-13,26H,1,6-7,10-11,14H2,2-3H3. The normalized spacial score (nSPS) is 19.2. The predicted molar refractivity (Wildman–Crippen MR) is 101 cm³/mol. The molecule has 2 aromatic rings. The summed E-state index contributed by atoms with van der Waals surface area (Å²) in [4.78, 5) is 0. The fraction of sp³-hybridized carbons (Fsp3) is 0.455. The van der Waals surface area contributed by atoms with Crippen molar-refractivity contribution in [3.8, 4) is 0 Å². The fourth-order valence-corrected chi connectivity index (χ4v) is 3.73. The van der Waals surface area contributed by atoms with Crippen molar-refractivity contribution >= 4 is 16.3 Å². The van der Waals surface area contributed by atoms with Gasteiger partial charge in [0.05, 0.1) is 12.2 Å². The van der Waals surface area contributed by atoms with E-state index in [1.165, 1.54) is 0 Å². The third kappa shape index (κ3) is 3.76. The molecule has 1 saturated carbocycles. The summed E-state index contributed by atoms with van der Waals surface area (Å²) in [6.07, 6.45) is -1.73. The first-order chi connectivity index (χ1) is 12.6. The molecule has 0 saturated heterocycles. The maximum Gasteiger partial charge on any atom is 0.419 e. The Morgan fingerprint density at radius 1 is 1.19 bits per heavy atom. The number of allylic oxidation sites excluding steroid dienone is 1. The van der Waals surface area contributed by atoms with Crippen molar-refractivity contribution in [1.82, 2.24) is 0 Å². The highest BCUT2D eigenvalue weighted by molar-refractivity contribution is 5.89. The van der Waals surface area contributed by atoms with Gasteiger partial charge in [-0.3, -0.25) is 0 Å². The summed E-state index contributed by atoms with van der Waals surface area (Å²) in [6.45, 7) is 5.89. The second-order valence-electron chi connectivity index (χ2n) is 7.79. The predicted octanol–water partition coefficient (Wildman–Crippen LogP) is 5.97. The highest BCUT2D eigenvalue weighted by Gasteiger charge is 2.52. The Balaban J connectivity index is 2.08. The number of fused-ring (bicyclic) bond motifs is 1. The highest BCUT2D eigenvalue weighted by atomic mass is 19.4. The number of ether oxygens (including phenoxy) is 1. The number of hydrogen-bond acceptors (Lipinski definition) is 2. The largest absolute Gasteiger partial charge is 0.419 e. The molecule has 0 amide bonds. The van der Waals surface area contributed by atoms with Crippen molar-refractivity contribution in [2.24, 2.45) is 0 Å². The van der Waals surface area contributed by atoms with Crippen molar-refractivity contribution in [3.63, 3.8) is 0 Å². The third-order valence-corrected chi connectivity index (χ3v) is 5.50. The first-order valence-electron chi connectivity index (χ1n) is 9.18. The number of hydrogen-bond donors (Lipinski definition) is 1. The first-order valence-corrected chi connectivity index (χ1v) is 9.18. The van der Waals surface area contributed by atoms with Crippen LogP contribution in [0.2, 0.25) is 0 Å². The maximum absolute atomic E-state index is 13.1. The van der Waals surface area contributed by atoms with E-state index in [2.05, 4.69) is 6.58 Å². The zero-order valence-electron chi connectivity index (χ0n) is 15.7. The van der Waals surface area contributed by atoms with E-state index in [4.69, 9.17) is 4.74 Å². The lowest BCUT2D eigenvalue weighted by atomic mass is 9.85. The zero-order valence-corrected chi connectivity index (χ0v) is 15.7. The molecule has 0 aliphatic heterocycles. The minimum Gasteiger partial charge on any atom is -0.379 e. The summed E-state index contributed by atoms with van der Waals surface area (Å²) in [5.74, 6) is 0. The molecule has 0 spiro atoms. The minimum atomic E-state index is -4.74. The molecule has 1 N–H and O–H groups in total. The lowest BCUT2D eigenvalue weighted by Gasteiger charge is -2.36. The van der Waals surface area contributed by atoms with Crippen molar-refractivity contribution in [3.05, 3.63) is 54.1 Å². The Bertz CT molecular complexity index is 846. The lowest BCUT2D eigenvalue weighted by Crippen LogP contribution is -2.48. The molecular formula is C22H25F3O2. The van der Waals surface area contributed by atoms with Gasteiger partial charge in [0, 0.05) is 0 Å². The van der Waals surface area contributed by atoms with Crippen LogP contribution in [0.25, 0.3) is 16.3 Å². The van der Waals surface area contributed by atoms with Gasteiger partial charge in [0.25, 0.3) is 0 Å². The van der Waals surface area contributed by atoms with Gasteiger partial charge in [0.15, 0.2) is 5.60 Å². The van der Waals surface area contributed by atoms with Gasteiger partial charge in [-0.1, -0.05) is 49.3 Å². The van der Waals surface area contributed by atoms with E-state index >= 15 is 0 Å². The second-order valence-corrected chi connectivity index (χ2v) is 7.79. The summed E-state index contributed by atoms with van der Waals surface area (Å²) < 4.78 is 45.3. The molecule has 0 aromatic heterocycles. The summed E-state index contributed by atoms with van der Waals surface area (Å²) in [7, 11) is 0. The molecule has 27 heavy (non-hydrogen) atoms. The van der Waals surface area contributed by atoms with Gasteiger partial charge in [-0.05, 0) is 60.7 Å². The van der Waals surface area contributed by atoms with Crippen LogP contribution in [0.3, 0.4) is 0 Å². The Morgan fingerprint density at radius 2 is 1.81 bits per heavy atom. The number of halogens is 3. The minimum absolute atomic E-state index is 0.630. The summed E-state index contributed by atoms with van der Waals surface area (Å²) >= 11 is 0. The van der Waals surface area contributed by atoms with Crippen molar-refractivity contribution in [2.75, 3.05) is 6.61 Å². The van der Waals surface area contributed by atoms with E-state index in [0.717, 1.165) is 47.2 Å². The van der Waals surface area contributed by atoms with Gasteiger partial charge in [-0.25, -0.2) is 0 Å². The number of rotatable bonds is 5. The molecule has 5 heteroatoms. The monoisotopic (exact) mass is 378 g/mol. The Labute approximate surface area is 157 Å². The molecule has 1 atom stereocenters. The number of benzene rings is 2. The van der Waals surface area contributed by atoms with Crippen LogP contribution >= 0.6 is 0 Å². The smallest absolute Gasteiger partial charge is 0.379 e. The third-order valence-electron chi connectivity index (χ3n) is 5.50. The van der Waals surface area contributed by atoms with Gasteiger partial charge in [0.1, 0.15) is 0 Å². The summed E-state index contributed by atoms with van der Waals surface area (Å²) in [5.41, 5.74) is -1.00. The van der Waals surface area contributed by atoms with Crippen LogP contribution in [0, 0.1) is 0 Å². The zero-order chi connectivity index (χ0) is 19.9. The van der Waals surface area contributed by atoms with E-state index in [-0.39, 0.29) is 0 Å². The van der Waals surface area contributed by atoms with Crippen molar-refractivity contribution in [1.29, 1.82) is 0 Å². The fourth-order valence-electron chi connectivity index (χ4n) is 3.73. The Hall–Kier alpha value is -1.85. The van der Waals surface area contributed by atoms with E-state index in [1.807, 2.05) is 43.3 Å². The van der Waals surface area contributed by atoms with Crippen LogP contribution in [0.15, 0.2) is 43.0 Å². The average Bonchev–Trinajstić information content (AvgIpc) is 3.08. The Kier molecular flexibility index (Phi) is 5.12. The molecule has 2 aromatic carbocycles. The topological polar surface area (TPSA) is 29.5 Å². The van der Waals surface area contributed by atoms with E-state index < -0.39 is 24.0 Å². The van der Waals surface area contributed by atoms with E-state index in [1.54, 1.807) is 0 Å². The molecule has 146 valence electrons. The van der Waals surface area contributed by atoms with Gasteiger partial charge < -0.3 is 9.84 Å². The van der Waals surface area contributed by atoms with Gasteiger partial charge in [0.2, 0.25) is 0 Å². The van der Waals surface area contributed by atoms with Crippen molar-refractivity contribution < 1.29 is 23.0 Å². The molecule has 1 unspecified atom stereocenters. The van der Waals surface area contributed by atoms with Crippen LogP contribution in [-0.2, 0) is 10.3 Å². The quantitative estimate of drug-likeness (QED) is 0.694. The molecule has 1 aliphatic carbocycles. The molecule has 3 rings (SSSR count). The average molecular weight is 378 g/mol. The molecule has 0 bridgehead atoms. The molecule has 1 aliphatic rings. The van der Waals surface area contributed by atoms with Crippen LogP contribution in [0.5, 0.6) is 0 Å². The van der Waals surface area contributed by atoms with Crippen LogP contribution in [-0.4, -0.2) is 23.5 Å².